The van der Waals surface area contributed by atoms with Crippen molar-refractivity contribution in [2.24, 2.45) is 10.9 Å². The molecule has 6 heteroatoms. The van der Waals surface area contributed by atoms with Crippen molar-refractivity contribution >= 4 is 5.84 Å². The van der Waals surface area contributed by atoms with Crippen LogP contribution in [0.1, 0.15) is 19.3 Å². The number of amidine groups is 1. The van der Waals surface area contributed by atoms with Crippen LogP contribution < -0.4 is 5.73 Å². The van der Waals surface area contributed by atoms with Crippen molar-refractivity contribution in [1.82, 2.24) is 9.80 Å². The van der Waals surface area contributed by atoms with Gasteiger partial charge in [-0.3, -0.25) is 4.90 Å². The zero-order chi connectivity index (χ0) is 12.8. The van der Waals surface area contributed by atoms with Gasteiger partial charge in [0.2, 0.25) is 0 Å². The van der Waals surface area contributed by atoms with E-state index in [1.54, 1.807) is 0 Å². The van der Waals surface area contributed by atoms with Gasteiger partial charge in [-0.15, -0.1) is 0 Å². The summed E-state index contributed by atoms with van der Waals surface area (Å²) in [5.41, 5.74) is 5.46. The Morgan fingerprint density at radius 1 is 1.33 bits per heavy atom. The number of nitrogens with two attached hydrogens (primary N) is 1. The number of nitrogens with zero attached hydrogens (tertiary/aromatic N) is 3. The van der Waals surface area contributed by atoms with E-state index in [1.807, 2.05) is 0 Å². The van der Waals surface area contributed by atoms with Crippen LogP contribution in [0.2, 0.25) is 0 Å². The molecule has 3 N–H and O–H groups in total. The number of oxime groups is 1. The van der Waals surface area contributed by atoms with Gasteiger partial charge in [-0.05, 0) is 25.9 Å². The Hall–Kier alpha value is -0.850. The van der Waals surface area contributed by atoms with Crippen molar-refractivity contribution in [3.8, 4) is 0 Å². The van der Waals surface area contributed by atoms with E-state index in [0.717, 1.165) is 52.4 Å². The monoisotopic (exact) mass is 256 g/mol. The van der Waals surface area contributed by atoms with Crippen molar-refractivity contribution in [3.63, 3.8) is 0 Å². The van der Waals surface area contributed by atoms with Crippen molar-refractivity contribution < 1.29 is 9.94 Å². The number of ether oxygens (including phenoxy) is 1. The van der Waals surface area contributed by atoms with Crippen LogP contribution in [0.4, 0.5) is 0 Å². The summed E-state index contributed by atoms with van der Waals surface area (Å²) >= 11 is 0. The van der Waals surface area contributed by atoms with Gasteiger partial charge in [0, 0.05) is 32.1 Å². The molecule has 0 aromatic heterocycles. The van der Waals surface area contributed by atoms with Crippen molar-refractivity contribution in [3.05, 3.63) is 0 Å². The maximum Gasteiger partial charge on any atom is 0.139 e. The minimum Gasteiger partial charge on any atom is -0.409 e. The first-order chi connectivity index (χ1) is 8.79. The first kappa shape index (κ1) is 13.6. The predicted octanol–water partition coefficient (Wildman–Crippen LogP) is -0.0805. The largest absolute Gasteiger partial charge is 0.409 e. The van der Waals surface area contributed by atoms with E-state index in [1.165, 1.54) is 6.42 Å². The normalized spacial score (nSPS) is 27.8. The number of hydrogen-bond acceptors (Lipinski definition) is 5. The molecule has 2 aliphatic rings. The highest BCUT2D eigenvalue weighted by molar-refractivity contribution is 5.79. The minimum absolute atomic E-state index is 0.332. The van der Waals surface area contributed by atoms with E-state index in [2.05, 4.69) is 15.0 Å². The second-order valence-electron chi connectivity index (χ2n) is 5.09. The van der Waals surface area contributed by atoms with Gasteiger partial charge in [-0.2, -0.15) is 0 Å². The van der Waals surface area contributed by atoms with Crippen molar-refractivity contribution in [2.75, 3.05) is 45.9 Å². The van der Waals surface area contributed by atoms with Crippen LogP contribution in [-0.4, -0.2) is 72.8 Å². The molecule has 2 saturated heterocycles. The fourth-order valence-corrected chi connectivity index (χ4v) is 2.79. The Kier molecular flexibility index (Phi) is 5.22. The molecular weight excluding hydrogens is 232 g/mol. The van der Waals surface area contributed by atoms with Crippen molar-refractivity contribution in [2.45, 2.75) is 25.3 Å². The van der Waals surface area contributed by atoms with Gasteiger partial charge in [-0.25, -0.2) is 0 Å². The molecule has 0 aromatic rings. The summed E-state index contributed by atoms with van der Waals surface area (Å²) < 4.78 is 5.38. The molecule has 2 rings (SSSR count). The van der Waals surface area contributed by atoms with Crippen LogP contribution >= 0.6 is 0 Å². The number of likely N-dealkylation sites (tertiary alicyclic amines) is 1. The third-order valence-electron chi connectivity index (χ3n) is 3.85. The second-order valence-corrected chi connectivity index (χ2v) is 5.09. The van der Waals surface area contributed by atoms with E-state index in [0.29, 0.717) is 18.3 Å². The summed E-state index contributed by atoms with van der Waals surface area (Å²) in [5, 5.41) is 11.5. The van der Waals surface area contributed by atoms with Gasteiger partial charge in [0.1, 0.15) is 5.84 Å². The van der Waals surface area contributed by atoms with E-state index < -0.39 is 0 Å². The molecule has 0 aromatic carbocycles. The summed E-state index contributed by atoms with van der Waals surface area (Å²) in [6, 6.07) is 0.692. The first-order valence-electron chi connectivity index (χ1n) is 6.80. The van der Waals surface area contributed by atoms with E-state index in [4.69, 9.17) is 15.7 Å². The molecule has 0 saturated carbocycles. The molecule has 0 aliphatic carbocycles. The van der Waals surface area contributed by atoms with Crippen LogP contribution in [0.25, 0.3) is 0 Å². The highest BCUT2D eigenvalue weighted by atomic mass is 16.5. The minimum atomic E-state index is 0.332. The maximum atomic E-state index is 8.47. The molecule has 0 bridgehead atoms. The lowest BCUT2D eigenvalue weighted by molar-refractivity contribution is 0.0185. The average molecular weight is 256 g/mol. The lowest BCUT2D eigenvalue weighted by Gasteiger charge is -2.32. The lowest BCUT2D eigenvalue weighted by atomic mass is 10.2. The highest BCUT2D eigenvalue weighted by Gasteiger charge is 2.28. The summed E-state index contributed by atoms with van der Waals surface area (Å²) in [6.45, 7) is 7.25. The summed E-state index contributed by atoms with van der Waals surface area (Å²) in [6.07, 6.45) is 2.89. The molecule has 2 heterocycles. The summed E-state index contributed by atoms with van der Waals surface area (Å²) in [7, 11) is 0. The Morgan fingerprint density at radius 3 is 2.83 bits per heavy atom. The molecular formula is C12H24N4O2. The predicted molar refractivity (Wildman–Crippen MR) is 69.9 cm³/mol. The zero-order valence-electron chi connectivity index (χ0n) is 10.9. The zero-order valence-corrected chi connectivity index (χ0v) is 10.9. The maximum absolute atomic E-state index is 8.47. The number of hydrogen-bond donors (Lipinski definition) is 2. The Balaban J connectivity index is 1.65. The second kappa shape index (κ2) is 6.92. The topological polar surface area (TPSA) is 74.3 Å². The highest BCUT2D eigenvalue weighted by Crippen LogP contribution is 2.17. The van der Waals surface area contributed by atoms with Crippen LogP contribution in [0.3, 0.4) is 0 Å². The molecule has 2 aliphatic heterocycles. The van der Waals surface area contributed by atoms with E-state index in [-0.39, 0.29) is 0 Å². The van der Waals surface area contributed by atoms with Gasteiger partial charge < -0.3 is 20.6 Å². The summed E-state index contributed by atoms with van der Waals surface area (Å²) in [5.74, 6) is 0.332. The van der Waals surface area contributed by atoms with E-state index >= 15 is 0 Å². The van der Waals surface area contributed by atoms with Gasteiger partial charge in [0.15, 0.2) is 0 Å². The number of morpholine rings is 1. The van der Waals surface area contributed by atoms with E-state index in [9.17, 15) is 0 Å². The molecule has 18 heavy (non-hydrogen) atoms. The Morgan fingerprint density at radius 2 is 2.11 bits per heavy atom. The molecule has 0 spiro atoms. The molecule has 1 atom stereocenters. The molecule has 0 amide bonds. The van der Waals surface area contributed by atoms with Crippen molar-refractivity contribution in [1.29, 1.82) is 0 Å². The average Bonchev–Trinajstić information content (AvgIpc) is 2.88. The number of rotatable bonds is 5. The SMILES string of the molecule is NC(CCCN1CCC(N2CCOCC2)C1)=NO. The van der Waals surface area contributed by atoms with Crippen LogP contribution in [-0.2, 0) is 4.74 Å². The van der Waals surface area contributed by atoms with Crippen LogP contribution in [0.15, 0.2) is 5.16 Å². The third-order valence-corrected chi connectivity index (χ3v) is 3.85. The van der Waals surface area contributed by atoms with Gasteiger partial charge >= 0.3 is 0 Å². The standard InChI is InChI=1S/C12H24N4O2/c13-12(14-17)2-1-4-15-5-3-11(10-15)16-6-8-18-9-7-16/h11,17H,1-10H2,(H2,13,14). The molecule has 1 unspecified atom stereocenters. The Bertz CT molecular complexity index is 279. The quantitative estimate of drug-likeness (QED) is 0.311. The molecule has 2 fully saturated rings. The first-order valence-corrected chi connectivity index (χ1v) is 6.80. The third kappa shape index (κ3) is 3.83. The van der Waals surface area contributed by atoms with Gasteiger partial charge in [0.05, 0.1) is 13.2 Å². The molecule has 6 nitrogen and oxygen atoms in total. The fourth-order valence-electron chi connectivity index (χ4n) is 2.79. The van der Waals surface area contributed by atoms with Gasteiger partial charge in [0.25, 0.3) is 0 Å². The lowest BCUT2D eigenvalue weighted by Crippen LogP contribution is -2.44. The molecule has 0 radical (unpaired) electrons. The van der Waals surface area contributed by atoms with Gasteiger partial charge in [-0.1, -0.05) is 5.16 Å². The van der Waals surface area contributed by atoms with Crippen LogP contribution in [0.5, 0.6) is 0 Å². The summed E-state index contributed by atoms with van der Waals surface area (Å²) in [4.78, 5) is 5.03. The fraction of sp³-hybridized carbons (Fsp3) is 0.917. The molecule has 104 valence electrons. The van der Waals surface area contributed by atoms with Crippen LogP contribution in [0, 0.1) is 0 Å². The smallest absolute Gasteiger partial charge is 0.139 e. The Labute approximate surface area is 108 Å².